The van der Waals surface area contributed by atoms with Crippen molar-refractivity contribution in [3.05, 3.63) is 0 Å². The van der Waals surface area contributed by atoms with Crippen molar-refractivity contribution < 1.29 is 0 Å². The molecule has 1 fully saturated rings. The van der Waals surface area contributed by atoms with E-state index in [0.717, 1.165) is 24.5 Å². The van der Waals surface area contributed by atoms with Crippen molar-refractivity contribution in [3.63, 3.8) is 0 Å². The van der Waals surface area contributed by atoms with Crippen LogP contribution in [0.1, 0.15) is 58.8 Å². The third-order valence-corrected chi connectivity index (χ3v) is 4.95. The van der Waals surface area contributed by atoms with Crippen LogP contribution in [0.15, 0.2) is 0 Å². The highest BCUT2D eigenvalue weighted by atomic mass is 127. The van der Waals surface area contributed by atoms with Gasteiger partial charge in [-0.25, -0.2) is 0 Å². The lowest BCUT2D eigenvalue weighted by atomic mass is 9.92. The summed E-state index contributed by atoms with van der Waals surface area (Å²) in [5.74, 6) is 0.910. The fourth-order valence-corrected chi connectivity index (χ4v) is 3.39. The summed E-state index contributed by atoms with van der Waals surface area (Å²) in [6, 6.07) is 0. The summed E-state index contributed by atoms with van der Waals surface area (Å²) < 4.78 is 0.548. The van der Waals surface area contributed by atoms with E-state index in [4.69, 9.17) is 5.41 Å². The lowest BCUT2D eigenvalue weighted by molar-refractivity contribution is 0.435. The summed E-state index contributed by atoms with van der Waals surface area (Å²) in [6.45, 7) is 4.48. The molecule has 0 aromatic rings. The largest absolute Gasteiger partial charge is 0.310 e. The number of hydrogen-bond donors (Lipinski definition) is 1. The average molecular weight is 307 g/mol. The van der Waals surface area contributed by atoms with Crippen LogP contribution in [0, 0.1) is 11.3 Å². The van der Waals surface area contributed by atoms with Gasteiger partial charge in [0.1, 0.15) is 0 Å². The van der Waals surface area contributed by atoms with E-state index in [2.05, 4.69) is 36.4 Å². The number of hydrogen-bond acceptors (Lipinski definition) is 1. The summed E-state index contributed by atoms with van der Waals surface area (Å²) in [5, 5.41) is 7.61. The maximum absolute atomic E-state index is 7.61. The topological polar surface area (TPSA) is 23.9 Å². The summed E-state index contributed by atoms with van der Waals surface area (Å²) in [7, 11) is 0. The van der Waals surface area contributed by atoms with Gasteiger partial charge in [0.05, 0.1) is 0 Å². The first-order valence-electron chi connectivity index (χ1n) is 5.81. The molecule has 1 saturated carbocycles. The van der Waals surface area contributed by atoms with Crippen LogP contribution in [-0.2, 0) is 0 Å². The summed E-state index contributed by atoms with van der Waals surface area (Å²) in [4.78, 5) is 0. The quantitative estimate of drug-likeness (QED) is 0.437. The number of halogens is 1. The predicted molar refractivity (Wildman–Crippen MR) is 71.6 cm³/mol. The van der Waals surface area contributed by atoms with Gasteiger partial charge >= 0.3 is 0 Å². The number of alkyl halides is 1. The normalized spacial score (nSPS) is 32.1. The molecule has 1 aliphatic carbocycles. The van der Waals surface area contributed by atoms with Gasteiger partial charge in [0.15, 0.2) is 0 Å². The van der Waals surface area contributed by atoms with Gasteiger partial charge in [0.25, 0.3) is 0 Å². The van der Waals surface area contributed by atoms with E-state index in [1.54, 1.807) is 0 Å². The summed E-state index contributed by atoms with van der Waals surface area (Å²) >= 11 is 2.64. The highest BCUT2D eigenvalue weighted by Gasteiger charge is 2.35. The van der Waals surface area contributed by atoms with Crippen LogP contribution in [0.2, 0.25) is 0 Å². The fraction of sp³-hybridized carbons (Fsp3) is 0.917. The Morgan fingerprint density at radius 2 is 2.29 bits per heavy atom. The SMILES string of the molecule is CCC(=N)CCCC1CCCC1(C)I. The smallest absolute Gasteiger partial charge is 0.0222 e. The molecular weight excluding hydrogens is 285 g/mol. The molecule has 1 rings (SSSR count). The van der Waals surface area contributed by atoms with Crippen molar-refractivity contribution in [2.75, 3.05) is 0 Å². The van der Waals surface area contributed by atoms with E-state index < -0.39 is 0 Å². The summed E-state index contributed by atoms with van der Waals surface area (Å²) in [6.07, 6.45) is 8.75. The first kappa shape index (κ1) is 12.5. The van der Waals surface area contributed by atoms with Crippen LogP contribution in [0.5, 0.6) is 0 Å². The minimum absolute atomic E-state index is 0.548. The maximum Gasteiger partial charge on any atom is 0.0222 e. The molecular formula is C12H22IN. The van der Waals surface area contributed by atoms with Gasteiger partial charge in [0, 0.05) is 9.13 Å². The van der Waals surface area contributed by atoms with Gasteiger partial charge in [-0.05, 0) is 44.4 Å². The molecule has 82 valence electrons. The molecule has 0 aliphatic heterocycles. The van der Waals surface area contributed by atoms with Gasteiger partial charge in [-0.2, -0.15) is 0 Å². The minimum atomic E-state index is 0.548. The van der Waals surface area contributed by atoms with Crippen molar-refractivity contribution in [1.82, 2.24) is 0 Å². The average Bonchev–Trinajstić information content (AvgIpc) is 2.45. The van der Waals surface area contributed by atoms with Crippen LogP contribution < -0.4 is 0 Å². The highest BCUT2D eigenvalue weighted by Crippen LogP contribution is 2.45. The zero-order chi connectivity index (χ0) is 10.6. The first-order valence-corrected chi connectivity index (χ1v) is 6.89. The molecule has 2 unspecified atom stereocenters. The predicted octanol–water partition coefficient (Wildman–Crippen LogP) is 4.58. The van der Waals surface area contributed by atoms with Gasteiger partial charge in [0.2, 0.25) is 0 Å². The molecule has 0 saturated heterocycles. The van der Waals surface area contributed by atoms with Gasteiger partial charge in [-0.3, -0.25) is 0 Å². The Hall–Kier alpha value is 0.400. The Balaban J connectivity index is 2.21. The second kappa shape index (κ2) is 5.47. The molecule has 14 heavy (non-hydrogen) atoms. The molecule has 0 radical (unpaired) electrons. The standard InChI is InChI=1S/C12H22IN/c1-3-11(14)8-4-6-10-7-5-9-12(10,2)13/h10,14H,3-9H2,1-2H3. The Morgan fingerprint density at radius 1 is 1.57 bits per heavy atom. The lowest BCUT2D eigenvalue weighted by Gasteiger charge is -2.24. The number of rotatable bonds is 5. The first-order chi connectivity index (χ1) is 6.56. The van der Waals surface area contributed by atoms with E-state index in [9.17, 15) is 0 Å². The monoisotopic (exact) mass is 307 g/mol. The fourth-order valence-electron chi connectivity index (χ4n) is 2.38. The second-order valence-electron chi connectivity index (χ2n) is 4.72. The van der Waals surface area contributed by atoms with Crippen LogP contribution in [-0.4, -0.2) is 9.13 Å². The Bertz CT molecular complexity index is 198. The minimum Gasteiger partial charge on any atom is -0.310 e. The van der Waals surface area contributed by atoms with E-state index in [1.165, 1.54) is 32.1 Å². The molecule has 2 atom stereocenters. The Kier molecular flexibility index (Phi) is 4.88. The highest BCUT2D eigenvalue weighted by molar-refractivity contribution is 14.1. The molecule has 0 spiro atoms. The van der Waals surface area contributed by atoms with Crippen LogP contribution in [0.4, 0.5) is 0 Å². The van der Waals surface area contributed by atoms with Crippen LogP contribution >= 0.6 is 22.6 Å². The molecule has 0 bridgehead atoms. The number of nitrogens with one attached hydrogen (secondary N) is 1. The molecule has 0 amide bonds. The lowest BCUT2D eigenvalue weighted by Crippen LogP contribution is -2.21. The van der Waals surface area contributed by atoms with E-state index >= 15 is 0 Å². The van der Waals surface area contributed by atoms with E-state index in [1.807, 2.05) is 0 Å². The molecule has 0 aromatic heterocycles. The second-order valence-corrected chi connectivity index (χ2v) is 7.18. The zero-order valence-corrected chi connectivity index (χ0v) is 11.6. The zero-order valence-electron chi connectivity index (χ0n) is 9.41. The molecule has 1 N–H and O–H groups in total. The molecule has 0 aromatic carbocycles. The molecule has 1 aliphatic rings. The van der Waals surface area contributed by atoms with Gasteiger partial charge < -0.3 is 5.41 Å². The Morgan fingerprint density at radius 3 is 2.79 bits per heavy atom. The third-order valence-electron chi connectivity index (χ3n) is 3.53. The van der Waals surface area contributed by atoms with Gasteiger partial charge in [-0.15, -0.1) is 0 Å². The van der Waals surface area contributed by atoms with E-state index in [0.29, 0.717) is 3.42 Å². The van der Waals surface area contributed by atoms with Crippen molar-refractivity contribution >= 4 is 28.3 Å². The molecule has 2 heteroatoms. The molecule has 0 heterocycles. The van der Waals surface area contributed by atoms with Crippen molar-refractivity contribution in [3.8, 4) is 0 Å². The van der Waals surface area contributed by atoms with Crippen molar-refractivity contribution in [2.45, 2.75) is 62.2 Å². The summed E-state index contributed by atoms with van der Waals surface area (Å²) in [5.41, 5.74) is 0.929. The van der Waals surface area contributed by atoms with Crippen molar-refractivity contribution in [1.29, 1.82) is 5.41 Å². The van der Waals surface area contributed by atoms with Gasteiger partial charge in [-0.1, -0.05) is 42.9 Å². The molecule has 1 nitrogen and oxygen atoms in total. The van der Waals surface area contributed by atoms with Crippen LogP contribution in [0.25, 0.3) is 0 Å². The van der Waals surface area contributed by atoms with Crippen LogP contribution in [0.3, 0.4) is 0 Å². The van der Waals surface area contributed by atoms with E-state index in [-0.39, 0.29) is 0 Å². The maximum atomic E-state index is 7.61. The van der Waals surface area contributed by atoms with Crippen molar-refractivity contribution in [2.24, 2.45) is 5.92 Å². The third kappa shape index (κ3) is 3.52. The Labute approximate surface area is 102 Å².